The summed E-state index contributed by atoms with van der Waals surface area (Å²) in [5.74, 6) is -1.76. The summed E-state index contributed by atoms with van der Waals surface area (Å²) in [5, 5.41) is 14.9. The molecule has 0 aromatic heterocycles. The van der Waals surface area contributed by atoms with Crippen LogP contribution in [0, 0.1) is 0 Å². The first-order chi connectivity index (χ1) is 18.9. The first-order valence-electron chi connectivity index (χ1n) is 13.2. The molecular formula is C31H34N2O6. The highest BCUT2D eigenvalue weighted by atomic mass is 16.5. The Balaban J connectivity index is 1.28. The largest absolute Gasteiger partial charge is 0.480 e. The Morgan fingerprint density at radius 2 is 1.46 bits per heavy atom. The van der Waals surface area contributed by atoms with Crippen LogP contribution in [0.5, 0.6) is 0 Å². The molecule has 0 spiro atoms. The van der Waals surface area contributed by atoms with Crippen LogP contribution in [0.25, 0.3) is 11.1 Å². The Labute approximate surface area is 228 Å². The number of carboxylic acids is 1. The van der Waals surface area contributed by atoms with Gasteiger partial charge in [-0.2, -0.15) is 0 Å². The maximum atomic E-state index is 12.7. The molecule has 3 atom stereocenters. The van der Waals surface area contributed by atoms with Crippen LogP contribution in [0.3, 0.4) is 0 Å². The Morgan fingerprint density at radius 3 is 2.05 bits per heavy atom. The van der Waals surface area contributed by atoms with E-state index in [2.05, 4.69) is 22.8 Å². The van der Waals surface area contributed by atoms with Crippen molar-refractivity contribution < 1.29 is 29.0 Å². The predicted molar refractivity (Wildman–Crippen MR) is 147 cm³/mol. The van der Waals surface area contributed by atoms with Gasteiger partial charge in [-0.15, -0.1) is 0 Å². The number of nitrogens with one attached hydrogen (secondary N) is 2. The van der Waals surface area contributed by atoms with E-state index >= 15 is 0 Å². The van der Waals surface area contributed by atoms with Crippen molar-refractivity contribution in [2.45, 2.75) is 57.4 Å². The number of fused-ring (bicyclic) bond motifs is 3. The smallest absolute Gasteiger partial charge is 0.407 e. The van der Waals surface area contributed by atoms with Gasteiger partial charge in [0, 0.05) is 18.4 Å². The van der Waals surface area contributed by atoms with Crippen LogP contribution in [-0.4, -0.2) is 47.9 Å². The molecule has 0 saturated heterocycles. The van der Waals surface area contributed by atoms with E-state index in [-0.39, 0.29) is 25.6 Å². The van der Waals surface area contributed by atoms with E-state index in [4.69, 9.17) is 9.47 Å². The lowest BCUT2D eigenvalue weighted by Crippen LogP contribution is -2.50. The minimum Gasteiger partial charge on any atom is -0.480 e. The van der Waals surface area contributed by atoms with Gasteiger partial charge in [0.05, 0.1) is 12.7 Å². The molecule has 3 aromatic rings. The zero-order valence-corrected chi connectivity index (χ0v) is 22.1. The second kappa shape index (κ2) is 13.1. The van der Waals surface area contributed by atoms with E-state index in [0.29, 0.717) is 6.42 Å². The normalized spacial score (nSPS) is 14.4. The van der Waals surface area contributed by atoms with Crippen LogP contribution in [0.15, 0.2) is 78.9 Å². The number of aliphatic carboxylic acids is 1. The molecule has 3 aromatic carbocycles. The fourth-order valence-corrected chi connectivity index (χ4v) is 4.84. The van der Waals surface area contributed by atoms with Crippen LogP contribution in [-0.2, 0) is 25.7 Å². The number of hydrogen-bond acceptors (Lipinski definition) is 5. The van der Waals surface area contributed by atoms with Crippen molar-refractivity contribution in [3.8, 4) is 11.1 Å². The van der Waals surface area contributed by atoms with Gasteiger partial charge in [-0.1, -0.05) is 85.8 Å². The van der Waals surface area contributed by atoms with Gasteiger partial charge >= 0.3 is 12.1 Å². The van der Waals surface area contributed by atoms with E-state index in [0.717, 1.165) is 27.8 Å². The average molecular weight is 531 g/mol. The van der Waals surface area contributed by atoms with Crippen LogP contribution in [0.4, 0.5) is 4.79 Å². The van der Waals surface area contributed by atoms with Crippen molar-refractivity contribution in [2.75, 3.05) is 6.61 Å². The molecular weight excluding hydrogens is 496 g/mol. The van der Waals surface area contributed by atoms with Crippen LogP contribution in [0.2, 0.25) is 0 Å². The zero-order valence-electron chi connectivity index (χ0n) is 22.1. The monoisotopic (exact) mass is 530 g/mol. The summed E-state index contributed by atoms with van der Waals surface area (Å²) in [6, 6.07) is 23.8. The molecule has 0 aliphatic heterocycles. The van der Waals surface area contributed by atoms with Crippen LogP contribution in [0.1, 0.15) is 49.3 Å². The molecule has 1 aliphatic carbocycles. The number of carboxylic acid groups (broad SMARTS) is 1. The summed E-state index contributed by atoms with van der Waals surface area (Å²) >= 11 is 0. The van der Waals surface area contributed by atoms with Gasteiger partial charge in [0.15, 0.2) is 6.04 Å². The molecule has 2 amide bonds. The molecule has 1 aliphatic rings. The van der Waals surface area contributed by atoms with Crippen molar-refractivity contribution in [2.24, 2.45) is 0 Å². The third kappa shape index (κ3) is 7.03. The lowest BCUT2D eigenvalue weighted by atomic mass is 9.98. The zero-order chi connectivity index (χ0) is 27.8. The number of benzene rings is 3. The van der Waals surface area contributed by atoms with E-state index in [1.807, 2.05) is 73.7 Å². The van der Waals surface area contributed by atoms with E-state index in [1.54, 1.807) is 6.92 Å². The molecule has 0 bridgehead atoms. The summed E-state index contributed by atoms with van der Waals surface area (Å²) in [6.07, 6.45) is -1.00. The lowest BCUT2D eigenvalue weighted by molar-refractivity contribution is -0.146. The van der Waals surface area contributed by atoms with E-state index < -0.39 is 36.2 Å². The van der Waals surface area contributed by atoms with Gasteiger partial charge in [-0.3, -0.25) is 4.79 Å². The Kier molecular flexibility index (Phi) is 9.33. The van der Waals surface area contributed by atoms with Gasteiger partial charge < -0.3 is 25.2 Å². The molecule has 204 valence electrons. The number of carbonyl (C=O) groups excluding carboxylic acids is 2. The summed E-state index contributed by atoms with van der Waals surface area (Å²) in [5.41, 5.74) is 5.40. The van der Waals surface area contributed by atoms with Crippen molar-refractivity contribution in [1.82, 2.24) is 10.6 Å². The second-order valence-corrected chi connectivity index (χ2v) is 9.66. The molecule has 0 heterocycles. The summed E-state index contributed by atoms with van der Waals surface area (Å²) in [7, 11) is 0. The van der Waals surface area contributed by atoms with Crippen molar-refractivity contribution >= 4 is 18.0 Å². The number of amides is 2. The van der Waals surface area contributed by atoms with Crippen LogP contribution < -0.4 is 10.6 Å². The molecule has 0 radical (unpaired) electrons. The Hall–Kier alpha value is -4.17. The number of hydrogen-bond donors (Lipinski definition) is 3. The van der Waals surface area contributed by atoms with Gasteiger partial charge in [0.25, 0.3) is 0 Å². The van der Waals surface area contributed by atoms with Gasteiger partial charge in [-0.05, 0) is 41.2 Å². The van der Waals surface area contributed by atoms with Gasteiger partial charge in [0.1, 0.15) is 6.61 Å². The summed E-state index contributed by atoms with van der Waals surface area (Å²) in [4.78, 5) is 37.2. The topological polar surface area (TPSA) is 114 Å². The molecule has 2 unspecified atom stereocenters. The number of ether oxygens (including phenoxy) is 2. The SMILES string of the molecule is CC[C@@H](CC(=O)NC(C(=O)O)C(C)OCc1ccccc1)NC(=O)OCC1c2ccccc2-c2ccccc21. The first-order valence-corrected chi connectivity index (χ1v) is 13.2. The summed E-state index contributed by atoms with van der Waals surface area (Å²) in [6.45, 7) is 3.83. The second-order valence-electron chi connectivity index (χ2n) is 9.66. The highest BCUT2D eigenvalue weighted by molar-refractivity contribution is 5.84. The molecule has 4 rings (SSSR count). The minimum atomic E-state index is -1.23. The molecule has 0 saturated carbocycles. The fourth-order valence-electron chi connectivity index (χ4n) is 4.84. The maximum absolute atomic E-state index is 12.7. The first kappa shape index (κ1) is 27.9. The fraction of sp³-hybridized carbons (Fsp3) is 0.323. The molecule has 39 heavy (non-hydrogen) atoms. The highest BCUT2D eigenvalue weighted by Gasteiger charge is 2.30. The Bertz CT molecular complexity index is 1250. The quantitative estimate of drug-likeness (QED) is 0.308. The number of rotatable bonds is 12. The molecule has 8 nitrogen and oxygen atoms in total. The third-order valence-corrected chi connectivity index (χ3v) is 7.00. The predicted octanol–water partition coefficient (Wildman–Crippen LogP) is 4.87. The van der Waals surface area contributed by atoms with Crippen molar-refractivity contribution in [3.05, 3.63) is 95.6 Å². The number of carbonyl (C=O) groups is 3. The van der Waals surface area contributed by atoms with Crippen molar-refractivity contribution in [3.63, 3.8) is 0 Å². The third-order valence-electron chi connectivity index (χ3n) is 7.00. The minimum absolute atomic E-state index is 0.0692. The number of alkyl carbamates (subject to hydrolysis) is 1. The van der Waals surface area contributed by atoms with Crippen LogP contribution >= 0.6 is 0 Å². The maximum Gasteiger partial charge on any atom is 0.407 e. The van der Waals surface area contributed by atoms with E-state index in [1.165, 1.54) is 0 Å². The molecule has 0 fully saturated rings. The average Bonchev–Trinajstić information content (AvgIpc) is 3.27. The molecule has 3 N–H and O–H groups in total. The molecule has 8 heteroatoms. The highest BCUT2D eigenvalue weighted by Crippen LogP contribution is 2.44. The lowest BCUT2D eigenvalue weighted by Gasteiger charge is -2.23. The van der Waals surface area contributed by atoms with Gasteiger partial charge in [0.2, 0.25) is 5.91 Å². The van der Waals surface area contributed by atoms with Gasteiger partial charge in [-0.25, -0.2) is 9.59 Å². The Morgan fingerprint density at radius 1 is 0.872 bits per heavy atom. The standard InChI is InChI=1S/C31H34N2O6/c1-3-22(17-28(34)33-29(30(35)36)20(2)38-18-21-11-5-4-6-12-21)32-31(37)39-19-27-25-15-9-7-13-23(25)24-14-8-10-16-26(24)27/h4-16,20,22,27,29H,3,17-19H2,1-2H3,(H,32,37)(H,33,34)(H,35,36)/t20?,22-,29?/m0/s1. The van der Waals surface area contributed by atoms with Crippen molar-refractivity contribution in [1.29, 1.82) is 0 Å². The summed E-state index contributed by atoms with van der Waals surface area (Å²) < 4.78 is 11.3. The van der Waals surface area contributed by atoms with E-state index in [9.17, 15) is 19.5 Å².